The maximum Gasteiger partial charge on any atom is 0.155 e. The van der Waals surface area contributed by atoms with Crippen LogP contribution in [0.2, 0.25) is 0 Å². The van der Waals surface area contributed by atoms with Crippen LogP contribution < -0.4 is 0 Å². The molecule has 1 unspecified atom stereocenters. The Balaban J connectivity index is 1.72. The number of hydrogen-bond donors (Lipinski definition) is 2. The van der Waals surface area contributed by atoms with Crippen LogP contribution in [-0.2, 0) is 4.79 Å². The van der Waals surface area contributed by atoms with E-state index in [1.54, 1.807) is 0 Å². The van der Waals surface area contributed by atoms with Gasteiger partial charge in [-0.15, -0.1) is 0 Å². The van der Waals surface area contributed by atoms with E-state index in [0.29, 0.717) is 24.2 Å². The van der Waals surface area contributed by atoms with Crippen LogP contribution in [0.1, 0.15) is 65.2 Å². The summed E-state index contributed by atoms with van der Waals surface area (Å²) in [5, 5.41) is 21.2. The first-order chi connectivity index (χ1) is 10.8. The van der Waals surface area contributed by atoms with Gasteiger partial charge in [0.15, 0.2) is 5.78 Å². The number of carbonyl (C=O) groups is 1. The van der Waals surface area contributed by atoms with E-state index < -0.39 is 5.60 Å². The first-order valence-electron chi connectivity index (χ1n) is 9.41. The van der Waals surface area contributed by atoms with Crippen molar-refractivity contribution in [1.29, 1.82) is 0 Å². The number of aliphatic hydroxyl groups excluding tert-OH is 1. The zero-order valence-corrected chi connectivity index (χ0v) is 14.5. The first-order valence-corrected chi connectivity index (χ1v) is 9.41. The molecule has 0 spiro atoms. The molecule has 0 bridgehead atoms. The normalized spacial score (nSPS) is 52.4. The van der Waals surface area contributed by atoms with Crippen molar-refractivity contribution in [3.05, 3.63) is 11.6 Å². The second-order valence-corrected chi connectivity index (χ2v) is 9.13. The molecule has 0 aliphatic heterocycles. The molecule has 3 saturated carbocycles. The predicted octanol–water partition coefficient (Wildman–Crippen LogP) is 3.24. The third kappa shape index (κ3) is 1.93. The highest BCUT2D eigenvalue weighted by molar-refractivity contribution is 5.91. The maximum absolute atomic E-state index is 11.9. The van der Waals surface area contributed by atoms with E-state index >= 15 is 0 Å². The Labute approximate surface area is 139 Å². The van der Waals surface area contributed by atoms with Crippen LogP contribution in [0.3, 0.4) is 0 Å². The highest BCUT2D eigenvalue weighted by atomic mass is 16.3. The third-order valence-electron chi connectivity index (χ3n) is 8.53. The Morgan fingerprint density at radius 3 is 2.57 bits per heavy atom. The van der Waals surface area contributed by atoms with Crippen molar-refractivity contribution >= 4 is 5.78 Å². The molecule has 128 valence electrons. The highest BCUT2D eigenvalue weighted by Crippen LogP contribution is 2.67. The molecule has 0 aromatic carbocycles. The van der Waals surface area contributed by atoms with Gasteiger partial charge < -0.3 is 10.2 Å². The summed E-state index contributed by atoms with van der Waals surface area (Å²) < 4.78 is 0. The van der Waals surface area contributed by atoms with Crippen LogP contribution in [0.25, 0.3) is 0 Å². The average Bonchev–Trinajstić information content (AvgIpc) is 2.77. The SMILES string of the molecule is CC1(O)CC[C@H]2[C@@H]3CCC4=CC(=O)CC[C@]4(CO)[C@H]3CC[C@@]21C. The minimum Gasteiger partial charge on any atom is -0.395 e. The summed E-state index contributed by atoms with van der Waals surface area (Å²) in [5.74, 6) is 1.90. The lowest BCUT2D eigenvalue weighted by atomic mass is 9.46. The van der Waals surface area contributed by atoms with E-state index in [-0.39, 0.29) is 23.2 Å². The average molecular weight is 318 g/mol. The Morgan fingerprint density at radius 1 is 1.09 bits per heavy atom. The highest BCUT2D eigenvalue weighted by Gasteiger charge is 2.63. The molecule has 3 heteroatoms. The van der Waals surface area contributed by atoms with E-state index in [1.165, 1.54) is 5.57 Å². The number of hydrogen-bond acceptors (Lipinski definition) is 3. The lowest BCUT2D eigenvalue weighted by Gasteiger charge is -2.59. The molecule has 4 aliphatic carbocycles. The first kappa shape index (κ1) is 15.8. The van der Waals surface area contributed by atoms with Gasteiger partial charge >= 0.3 is 0 Å². The molecule has 4 rings (SSSR count). The minimum absolute atomic E-state index is 0.0243. The van der Waals surface area contributed by atoms with Crippen LogP contribution in [0.4, 0.5) is 0 Å². The summed E-state index contributed by atoms with van der Waals surface area (Å²) in [6, 6.07) is 0. The molecule has 6 atom stereocenters. The van der Waals surface area contributed by atoms with Gasteiger partial charge in [-0.05, 0) is 81.1 Å². The van der Waals surface area contributed by atoms with Crippen LogP contribution in [-0.4, -0.2) is 28.2 Å². The standard InChI is InChI=1S/C20H30O3/c1-18-8-6-17-15(16(18)7-9-19(18,2)23)4-3-13-11-14(22)5-10-20(13,17)12-21/h11,15-17,21,23H,3-10,12H2,1-2H3/t15-,16-,17-,18-,19?,20+/m0/s1. The van der Waals surface area contributed by atoms with Gasteiger partial charge in [0.25, 0.3) is 0 Å². The van der Waals surface area contributed by atoms with Crippen LogP contribution in [0.5, 0.6) is 0 Å². The van der Waals surface area contributed by atoms with Crippen LogP contribution in [0.15, 0.2) is 11.6 Å². The molecule has 0 radical (unpaired) electrons. The Morgan fingerprint density at radius 2 is 1.83 bits per heavy atom. The lowest BCUT2D eigenvalue weighted by molar-refractivity contribution is -0.130. The van der Waals surface area contributed by atoms with Gasteiger partial charge in [-0.1, -0.05) is 12.5 Å². The fraction of sp³-hybridized carbons (Fsp3) is 0.850. The predicted molar refractivity (Wildman–Crippen MR) is 88.7 cm³/mol. The largest absolute Gasteiger partial charge is 0.395 e. The molecule has 0 saturated heterocycles. The summed E-state index contributed by atoms with van der Waals surface area (Å²) in [5.41, 5.74) is 0.558. The van der Waals surface area contributed by atoms with E-state index in [2.05, 4.69) is 6.92 Å². The molecular weight excluding hydrogens is 288 g/mol. The van der Waals surface area contributed by atoms with Gasteiger partial charge in [0, 0.05) is 11.8 Å². The topological polar surface area (TPSA) is 57.5 Å². The molecule has 0 amide bonds. The molecule has 4 aliphatic rings. The fourth-order valence-electron chi connectivity index (χ4n) is 6.90. The molecule has 23 heavy (non-hydrogen) atoms. The molecule has 2 N–H and O–H groups in total. The maximum atomic E-state index is 11.9. The van der Waals surface area contributed by atoms with Gasteiger partial charge in [0.2, 0.25) is 0 Å². The van der Waals surface area contributed by atoms with Crippen molar-refractivity contribution in [3.63, 3.8) is 0 Å². The zero-order chi connectivity index (χ0) is 16.5. The second kappa shape index (κ2) is 4.92. The zero-order valence-electron chi connectivity index (χ0n) is 14.5. The number of fused-ring (bicyclic) bond motifs is 5. The van der Waals surface area contributed by atoms with Crippen LogP contribution >= 0.6 is 0 Å². The van der Waals surface area contributed by atoms with Crippen molar-refractivity contribution in [3.8, 4) is 0 Å². The molecule has 0 aromatic rings. The number of aliphatic hydroxyl groups is 2. The summed E-state index contributed by atoms with van der Waals surface area (Å²) >= 11 is 0. The molecular formula is C20H30O3. The quantitative estimate of drug-likeness (QED) is 0.780. The third-order valence-corrected chi connectivity index (χ3v) is 8.53. The van der Waals surface area contributed by atoms with E-state index in [9.17, 15) is 15.0 Å². The molecule has 0 aromatic heterocycles. The van der Waals surface area contributed by atoms with Gasteiger partial charge in [-0.3, -0.25) is 4.79 Å². The van der Waals surface area contributed by atoms with Crippen molar-refractivity contribution in [2.45, 2.75) is 70.8 Å². The van der Waals surface area contributed by atoms with Crippen molar-refractivity contribution in [2.24, 2.45) is 28.6 Å². The molecule has 3 fully saturated rings. The smallest absolute Gasteiger partial charge is 0.155 e. The summed E-state index contributed by atoms with van der Waals surface area (Å²) in [6.45, 7) is 4.51. The summed E-state index contributed by atoms with van der Waals surface area (Å²) in [7, 11) is 0. The minimum atomic E-state index is -0.548. The number of carbonyl (C=O) groups excluding carboxylic acids is 1. The van der Waals surface area contributed by atoms with Crippen molar-refractivity contribution in [1.82, 2.24) is 0 Å². The van der Waals surface area contributed by atoms with E-state index in [0.717, 1.165) is 44.9 Å². The van der Waals surface area contributed by atoms with Gasteiger partial charge in [-0.25, -0.2) is 0 Å². The fourth-order valence-corrected chi connectivity index (χ4v) is 6.90. The summed E-state index contributed by atoms with van der Waals surface area (Å²) in [6.07, 6.45) is 9.52. The number of ketones is 1. The second-order valence-electron chi connectivity index (χ2n) is 9.13. The Hall–Kier alpha value is -0.670. The van der Waals surface area contributed by atoms with Crippen molar-refractivity contribution in [2.75, 3.05) is 6.61 Å². The molecule has 0 heterocycles. The number of rotatable bonds is 1. The Bertz CT molecular complexity index is 563. The van der Waals surface area contributed by atoms with Crippen molar-refractivity contribution < 1.29 is 15.0 Å². The van der Waals surface area contributed by atoms with E-state index in [4.69, 9.17) is 0 Å². The molecule has 3 nitrogen and oxygen atoms in total. The van der Waals surface area contributed by atoms with Gasteiger partial charge in [0.1, 0.15) is 0 Å². The lowest BCUT2D eigenvalue weighted by Crippen LogP contribution is -2.55. The van der Waals surface area contributed by atoms with E-state index in [1.807, 2.05) is 13.0 Å². The summed E-state index contributed by atoms with van der Waals surface area (Å²) in [4.78, 5) is 11.9. The van der Waals surface area contributed by atoms with Gasteiger partial charge in [-0.2, -0.15) is 0 Å². The monoisotopic (exact) mass is 318 g/mol. The van der Waals surface area contributed by atoms with Gasteiger partial charge in [0.05, 0.1) is 12.2 Å². The van der Waals surface area contributed by atoms with Crippen LogP contribution in [0, 0.1) is 28.6 Å². The Kier molecular flexibility index (Phi) is 3.39.